The summed E-state index contributed by atoms with van der Waals surface area (Å²) in [5, 5.41) is 2.79. The van der Waals surface area contributed by atoms with Crippen LogP contribution in [0.3, 0.4) is 0 Å². The van der Waals surface area contributed by atoms with E-state index in [4.69, 9.17) is 0 Å². The Morgan fingerprint density at radius 1 is 1.00 bits per heavy atom. The molecule has 2 unspecified atom stereocenters. The summed E-state index contributed by atoms with van der Waals surface area (Å²) in [4.78, 5) is 37.9. The van der Waals surface area contributed by atoms with Crippen molar-refractivity contribution in [3.05, 3.63) is 60.2 Å². The minimum atomic E-state index is -0.431. The molecule has 1 saturated carbocycles. The maximum absolute atomic E-state index is 12.5. The molecule has 3 rings (SSSR count). The van der Waals surface area contributed by atoms with Crippen molar-refractivity contribution < 1.29 is 19.1 Å². The molecule has 1 aliphatic carbocycles. The average molecular weight is 352 g/mol. The number of anilines is 2. The maximum atomic E-state index is 12.5. The van der Waals surface area contributed by atoms with Gasteiger partial charge in [-0.05, 0) is 42.8 Å². The van der Waals surface area contributed by atoms with Gasteiger partial charge in [-0.3, -0.25) is 9.59 Å². The largest absolute Gasteiger partial charge is 0.465 e. The van der Waals surface area contributed by atoms with Crippen LogP contribution in [0.25, 0.3) is 0 Å². The van der Waals surface area contributed by atoms with Crippen molar-refractivity contribution in [2.75, 3.05) is 24.4 Å². The van der Waals surface area contributed by atoms with E-state index in [9.17, 15) is 14.4 Å². The molecular weight excluding hydrogens is 332 g/mol. The number of esters is 1. The van der Waals surface area contributed by atoms with E-state index in [1.165, 1.54) is 7.11 Å². The minimum absolute atomic E-state index is 0.0580. The number of methoxy groups -OCH3 is 1. The Hall–Kier alpha value is -3.15. The Balaban J connectivity index is 1.57. The molecule has 0 saturated heterocycles. The van der Waals surface area contributed by atoms with Gasteiger partial charge in [0.1, 0.15) is 0 Å². The summed E-state index contributed by atoms with van der Waals surface area (Å²) in [6, 6.07) is 15.8. The topological polar surface area (TPSA) is 75.7 Å². The van der Waals surface area contributed by atoms with Crippen LogP contribution >= 0.6 is 0 Å². The number of hydrogen-bond donors (Lipinski definition) is 1. The van der Waals surface area contributed by atoms with Crippen molar-refractivity contribution in [3.8, 4) is 0 Å². The summed E-state index contributed by atoms with van der Waals surface area (Å²) in [7, 11) is 3.03. The number of nitrogens with zero attached hydrogens (tertiary/aromatic N) is 1. The first-order chi connectivity index (χ1) is 12.5. The molecular formula is C20H20N2O4. The number of rotatable bonds is 5. The van der Waals surface area contributed by atoms with Crippen molar-refractivity contribution >= 4 is 29.2 Å². The smallest absolute Gasteiger partial charge is 0.337 e. The third-order valence-corrected chi connectivity index (χ3v) is 4.49. The Labute approximate surface area is 151 Å². The van der Waals surface area contributed by atoms with Crippen LogP contribution in [0.15, 0.2) is 54.6 Å². The molecule has 0 heterocycles. The molecule has 0 aromatic heterocycles. The maximum Gasteiger partial charge on any atom is 0.337 e. The summed E-state index contributed by atoms with van der Waals surface area (Å²) < 4.78 is 4.64. The van der Waals surface area contributed by atoms with Gasteiger partial charge in [0.25, 0.3) is 0 Å². The lowest BCUT2D eigenvalue weighted by atomic mass is 10.2. The molecule has 26 heavy (non-hydrogen) atoms. The summed E-state index contributed by atoms with van der Waals surface area (Å²) in [5.74, 6) is -1.30. The highest BCUT2D eigenvalue weighted by Gasteiger charge is 2.49. The fourth-order valence-corrected chi connectivity index (χ4v) is 2.83. The van der Waals surface area contributed by atoms with Gasteiger partial charge in [0, 0.05) is 18.4 Å². The van der Waals surface area contributed by atoms with E-state index in [0.29, 0.717) is 17.7 Å². The lowest BCUT2D eigenvalue weighted by Crippen LogP contribution is -2.29. The van der Waals surface area contributed by atoms with Crippen molar-refractivity contribution in [2.24, 2.45) is 11.8 Å². The zero-order valence-corrected chi connectivity index (χ0v) is 14.6. The molecule has 6 heteroatoms. The van der Waals surface area contributed by atoms with E-state index in [-0.39, 0.29) is 23.7 Å². The molecule has 1 fully saturated rings. The highest BCUT2D eigenvalue weighted by Crippen LogP contribution is 2.41. The summed E-state index contributed by atoms with van der Waals surface area (Å²) in [5.41, 5.74) is 1.80. The molecule has 134 valence electrons. The van der Waals surface area contributed by atoms with E-state index in [1.54, 1.807) is 36.2 Å². The molecule has 2 aromatic rings. The van der Waals surface area contributed by atoms with Gasteiger partial charge in [-0.15, -0.1) is 0 Å². The number of carbonyl (C=O) groups excluding carboxylic acids is 3. The number of para-hydroxylation sites is 1. The molecule has 1 aliphatic rings. The van der Waals surface area contributed by atoms with Gasteiger partial charge in [-0.2, -0.15) is 0 Å². The number of hydrogen-bond acceptors (Lipinski definition) is 4. The Kier molecular flexibility index (Phi) is 5.02. The number of carbonyl (C=O) groups is 3. The van der Waals surface area contributed by atoms with Crippen LogP contribution in [0.1, 0.15) is 16.8 Å². The van der Waals surface area contributed by atoms with Gasteiger partial charge in [-0.25, -0.2) is 4.79 Å². The predicted molar refractivity (Wildman–Crippen MR) is 97.9 cm³/mol. The number of ether oxygens (including phenoxy) is 1. The quantitative estimate of drug-likeness (QED) is 0.840. The fraction of sp³-hybridized carbons (Fsp3) is 0.250. The number of nitrogens with one attached hydrogen (secondary N) is 1. The summed E-state index contributed by atoms with van der Waals surface area (Å²) in [6.45, 7) is 0. The van der Waals surface area contributed by atoms with Crippen molar-refractivity contribution in [3.63, 3.8) is 0 Å². The highest BCUT2D eigenvalue weighted by molar-refractivity contribution is 6.04. The fourth-order valence-electron chi connectivity index (χ4n) is 2.83. The first-order valence-corrected chi connectivity index (χ1v) is 8.33. The predicted octanol–water partition coefficient (Wildman–Crippen LogP) is 2.71. The third kappa shape index (κ3) is 3.74. The summed E-state index contributed by atoms with van der Waals surface area (Å²) in [6.07, 6.45) is 0.544. The van der Waals surface area contributed by atoms with Crippen molar-refractivity contribution in [1.82, 2.24) is 0 Å². The van der Waals surface area contributed by atoms with E-state index < -0.39 is 5.97 Å². The SMILES string of the molecule is COC(=O)c1ccc(NC(=O)C2CC2C(=O)N(C)c2ccccc2)cc1. The zero-order valence-electron chi connectivity index (χ0n) is 14.6. The molecule has 0 bridgehead atoms. The minimum Gasteiger partial charge on any atom is -0.465 e. The Bertz CT molecular complexity index is 817. The third-order valence-electron chi connectivity index (χ3n) is 4.49. The van der Waals surface area contributed by atoms with Gasteiger partial charge in [-0.1, -0.05) is 18.2 Å². The van der Waals surface area contributed by atoms with E-state index >= 15 is 0 Å². The van der Waals surface area contributed by atoms with E-state index in [2.05, 4.69) is 10.1 Å². The molecule has 6 nitrogen and oxygen atoms in total. The van der Waals surface area contributed by atoms with Gasteiger partial charge >= 0.3 is 5.97 Å². The van der Waals surface area contributed by atoms with Crippen LogP contribution in [-0.4, -0.2) is 31.9 Å². The zero-order chi connectivity index (χ0) is 18.7. The first kappa shape index (κ1) is 17.7. The molecule has 1 N–H and O–H groups in total. The Morgan fingerprint density at radius 2 is 1.65 bits per heavy atom. The Morgan fingerprint density at radius 3 is 2.27 bits per heavy atom. The van der Waals surface area contributed by atoms with Crippen LogP contribution in [0.5, 0.6) is 0 Å². The second-order valence-corrected chi connectivity index (χ2v) is 6.24. The molecule has 0 aliphatic heterocycles. The molecule has 2 amide bonds. The second-order valence-electron chi connectivity index (χ2n) is 6.24. The highest BCUT2D eigenvalue weighted by atomic mass is 16.5. The van der Waals surface area contributed by atoms with Gasteiger partial charge in [0.15, 0.2) is 0 Å². The number of benzene rings is 2. The van der Waals surface area contributed by atoms with E-state index in [0.717, 1.165) is 5.69 Å². The normalized spacial score (nSPS) is 17.9. The van der Waals surface area contributed by atoms with Gasteiger partial charge in [0.05, 0.1) is 24.5 Å². The molecule has 2 atom stereocenters. The lowest BCUT2D eigenvalue weighted by molar-refractivity contribution is -0.123. The van der Waals surface area contributed by atoms with Crippen molar-refractivity contribution in [2.45, 2.75) is 6.42 Å². The molecule has 2 aromatic carbocycles. The van der Waals surface area contributed by atoms with Crippen LogP contribution in [0.4, 0.5) is 11.4 Å². The van der Waals surface area contributed by atoms with Crippen LogP contribution in [0.2, 0.25) is 0 Å². The van der Waals surface area contributed by atoms with E-state index in [1.807, 2.05) is 30.3 Å². The van der Waals surface area contributed by atoms with Crippen LogP contribution in [-0.2, 0) is 14.3 Å². The summed E-state index contributed by atoms with van der Waals surface area (Å²) >= 11 is 0. The lowest BCUT2D eigenvalue weighted by Gasteiger charge is -2.17. The average Bonchev–Trinajstić information content (AvgIpc) is 3.48. The van der Waals surface area contributed by atoms with Gasteiger partial charge < -0.3 is 15.0 Å². The van der Waals surface area contributed by atoms with Crippen LogP contribution in [0, 0.1) is 11.8 Å². The van der Waals surface area contributed by atoms with Crippen LogP contribution < -0.4 is 10.2 Å². The molecule has 0 spiro atoms. The second kappa shape index (κ2) is 7.39. The monoisotopic (exact) mass is 352 g/mol. The first-order valence-electron chi connectivity index (χ1n) is 8.33. The standard InChI is InChI=1S/C20H20N2O4/c1-22(15-6-4-3-5-7-15)19(24)17-12-16(17)18(23)21-14-10-8-13(9-11-14)20(25)26-2/h3-11,16-17H,12H2,1-2H3,(H,21,23). The van der Waals surface area contributed by atoms with Crippen molar-refractivity contribution in [1.29, 1.82) is 0 Å². The van der Waals surface area contributed by atoms with Gasteiger partial charge in [0.2, 0.25) is 11.8 Å². The molecule has 0 radical (unpaired) electrons. The number of amides is 2.